The summed E-state index contributed by atoms with van der Waals surface area (Å²) >= 11 is 0. The smallest absolute Gasteiger partial charge is 0.284 e. The van der Waals surface area contributed by atoms with E-state index < -0.39 is 23.3 Å². The molecule has 0 fully saturated rings. The second-order valence-corrected chi connectivity index (χ2v) is 7.51. The molecule has 7 heteroatoms. The maximum Gasteiger partial charge on any atom is 0.284 e. The topological polar surface area (TPSA) is 84.2 Å². The minimum absolute atomic E-state index is 0.0252. The lowest BCUT2D eigenvalue weighted by molar-refractivity contribution is 0.0894. The lowest BCUT2D eigenvalue weighted by Gasteiger charge is -2.20. The average Bonchev–Trinajstić information content (AvgIpc) is 2.72. The summed E-state index contributed by atoms with van der Waals surface area (Å²) in [5.74, 6) is -1.16. The first-order valence-corrected chi connectivity index (χ1v) is 9.69. The molecule has 0 saturated carbocycles. The van der Waals surface area contributed by atoms with E-state index in [1.165, 1.54) is 24.3 Å². The van der Waals surface area contributed by atoms with Crippen LogP contribution in [0.2, 0.25) is 0 Å². The molecule has 3 aromatic rings. The van der Waals surface area contributed by atoms with Crippen molar-refractivity contribution in [3.63, 3.8) is 0 Å². The van der Waals surface area contributed by atoms with E-state index in [1.54, 1.807) is 6.07 Å². The number of hydrogen-bond acceptors (Lipinski definition) is 4. The van der Waals surface area contributed by atoms with Crippen LogP contribution in [0.15, 0.2) is 59.4 Å². The zero-order valence-corrected chi connectivity index (χ0v) is 17.1. The third kappa shape index (κ3) is 4.63. The minimum atomic E-state index is -0.672. The Morgan fingerprint density at radius 2 is 1.87 bits per heavy atom. The number of hydrogen-bond donors (Lipinski definition) is 2. The molecule has 1 amide bonds. The van der Waals surface area contributed by atoms with Gasteiger partial charge in [0.25, 0.3) is 11.5 Å². The molecule has 1 unspecified atom stereocenters. The number of rotatable bonds is 6. The SMILES string of the molecule is Cc1ccc(-c2cc(C(=O)NC(CO)C(C)C)c(=O)n(-c3cccc(F)c3)n2)cc1. The molecule has 1 aromatic heterocycles. The molecule has 0 spiro atoms. The van der Waals surface area contributed by atoms with Gasteiger partial charge < -0.3 is 10.4 Å². The molecule has 0 radical (unpaired) electrons. The number of amides is 1. The summed E-state index contributed by atoms with van der Waals surface area (Å²) in [6, 6.07) is 13.8. The van der Waals surface area contributed by atoms with Crippen molar-refractivity contribution >= 4 is 5.91 Å². The molecular formula is C23H24FN3O3. The Labute approximate surface area is 174 Å². The van der Waals surface area contributed by atoms with Gasteiger partial charge in [-0.15, -0.1) is 0 Å². The summed E-state index contributed by atoms with van der Waals surface area (Å²) < 4.78 is 14.8. The van der Waals surface area contributed by atoms with Gasteiger partial charge in [0.05, 0.1) is 24.0 Å². The van der Waals surface area contributed by atoms with E-state index in [-0.39, 0.29) is 23.8 Å². The highest BCUT2D eigenvalue weighted by molar-refractivity contribution is 5.95. The van der Waals surface area contributed by atoms with Gasteiger partial charge in [-0.1, -0.05) is 49.7 Å². The van der Waals surface area contributed by atoms with Crippen LogP contribution in [0.4, 0.5) is 4.39 Å². The largest absolute Gasteiger partial charge is 0.394 e. The van der Waals surface area contributed by atoms with E-state index >= 15 is 0 Å². The van der Waals surface area contributed by atoms with Crippen LogP contribution < -0.4 is 10.9 Å². The van der Waals surface area contributed by atoms with Gasteiger partial charge in [-0.25, -0.2) is 4.39 Å². The van der Waals surface area contributed by atoms with Crippen molar-refractivity contribution in [1.29, 1.82) is 0 Å². The number of aromatic nitrogens is 2. The Hall–Kier alpha value is -3.32. The Morgan fingerprint density at radius 3 is 2.47 bits per heavy atom. The summed E-state index contributed by atoms with van der Waals surface area (Å²) in [6.07, 6.45) is 0. The van der Waals surface area contributed by atoms with Crippen molar-refractivity contribution in [2.75, 3.05) is 6.61 Å². The number of nitrogens with one attached hydrogen (secondary N) is 1. The van der Waals surface area contributed by atoms with Gasteiger partial charge >= 0.3 is 0 Å². The van der Waals surface area contributed by atoms with Crippen LogP contribution in [0, 0.1) is 18.7 Å². The second-order valence-electron chi connectivity index (χ2n) is 7.51. The molecule has 0 aliphatic heterocycles. The highest BCUT2D eigenvalue weighted by Gasteiger charge is 2.21. The van der Waals surface area contributed by atoms with Gasteiger partial charge in [-0.05, 0) is 37.1 Å². The molecule has 6 nitrogen and oxygen atoms in total. The van der Waals surface area contributed by atoms with Crippen molar-refractivity contribution in [2.24, 2.45) is 5.92 Å². The molecule has 0 aliphatic rings. The lowest BCUT2D eigenvalue weighted by Crippen LogP contribution is -2.43. The van der Waals surface area contributed by atoms with E-state index in [2.05, 4.69) is 10.4 Å². The molecule has 3 rings (SSSR count). The molecule has 156 valence electrons. The summed E-state index contributed by atoms with van der Waals surface area (Å²) in [7, 11) is 0. The predicted molar refractivity (Wildman–Crippen MR) is 113 cm³/mol. The Kier molecular flexibility index (Phi) is 6.42. The molecule has 0 aliphatic carbocycles. The first-order valence-electron chi connectivity index (χ1n) is 9.69. The third-order valence-electron chi connectivity index (χ3n) is 4.87. The quantitative estimate of drug-likeness (QED) is 0.655. The number of benzene rings is 2. The van der Waals surface area contributed by atoms with Crippen LogP contribution in [0.5, 0.6) is 0 Å². The highest BCUT2D eigenvalue weighted by Crippen LogP contribution is 2.19. The molecule has 0 bridgehead atoms. The fourth-order valence-electron chi connectivity index (χ4n) is 2.97. The van der Waals surface area contributed by atoms with Crippen LogP contribution in [-0.4, -0.2) is 33.4 Å². The number of nitrogens with zero attached hydrogens (tertiary/aromatic N) is 2. The molecular weight excluding hydrogens is 385 g/mol. The van der Waals surface area contributed by atoms with Gasteiger partial charge in [0, 0.05) is 5.56 Å². The highest BCUT2D eigenvalue weighted by atomic mass is 19.1. The standard InChI is InChI=1S/C23H24FN3O3/c1-14(2)21(13-28)25-22(29)19-12-20(16-9-7-15(3)8-10-16)26-27(23(19)30)18-6-4-5-17(24)11-18/h4-12,14,21,28H,13H2,1-3H3,(H,25,29). The van der Waals surface area contributed by atoms with E-state index in [0.717, 1.165) is 10.2 Å². The van der Waals surface area contributed by atoms with E-state index in [4.69, 9.17) is 0 Å². The van der Waals surface area contributed by atoms with Crippen molar-refractivity contribution in [1.82, 2.24) is 15.1 Å². The van der Waals surface area contributed by atoms with Crippen molar-refractivity contribution < 1.29 is 14.3 Å². The molecule has 2 N–H and O–H groups in total. The number of aryl methyl sites for hydroxylation is 1. The van der Waals surface area contributed by atoms with Gasteiger partial charge in [0.15, 0.2) is 0 Å². The number of carbonyl (C=O) groups excluding carboxylic acids is 1. The van der Waals surface area contributed by atoms with E-state index in [1.807, 2.05) is 45.0 Å². The normalized spacial score (nSPS) is 12.1. The Bertz CT molecular complexity index is 1110. The van der Waals surface area contributed by atoms with Crippen LogP contribution >= 0.6 is 0 Å². The van der Waals surface area contributed by atoms with Crippen LogP contribution in [-0.2, 0) is 0 Å². The predicted octanol–water partition coefficient (Wildman–Crippen LogP) is 3.09. The lowest BCUT2D eigenvalue weighted by atomic mass is 10.0. The Morgan fingerprint density at radius 1 is 1.17 bits per heavy atom. The van der Waals surface area contributed by atoms with E-state index in [0.29, 0.717) is 11.3 Å². The minimum Gasteiger partial charge on any atom is -0.394 e. The second kappa shape index (κ2) is 9.00. The van der Waals surface area contributed by atoms with Crippen molar-refractivity contribution in [3.05, 3.63) is 81.9 Å². The van der Waals surface area contributed by atoms with Crippen LogP contribution in [0.25, 0.3) is 16.9 Å². The summed E-state index contributed by atoms with van der Waals surface area (Å²) in [6.45, 7) is 5.41. The molecule has 30 heavy (non-hydrogen) atoms. The molecule has 2 aromatic carbocycles. The maximum absolute atomic E-state index is 13.8. The fraction of sp³-hybridized carbons (Fsp3) is 0.261. The van der Waals surface area contributed by atoms with Gasteiger partial charge in [0.1, 0.15) is 11.4 Å². The molecule has 1 atom stereocenters. The number of halogens is 1. The first kappa shape index (κ1) is 21.4. The summed E-state index contributed by atoms with van der Waals surface area (Å²) in [5, 5.41) is 16.6. The van der Waals surface area contributed by atoms with Gasteiger partial charge in [0.2, 0.25) is 0 Å². The van der Waals surface area contributed by atoms with E-state index in [9.17, 15) is 19.1 Å². The Balaban J connectivity index is 2.16. The summed E-state index contributed by atoms with van der Waals surface area (Å²) in [4.78, 5) is 25.9. The number of carbonyl (C=O) groups is 1. The maximum atomic E-state index is 13.8. The number of aliphatic hydroxyl groups excluding tert-OH is 1. The average molecular weight is 409 g/mol. The third-order valence-corrected chi connectivity index (χ3v) is 4.87. The van der Waals surface area contributed by atoms with Crippen molar-refractivity contribution in [3.8, 4) is 16.9 Å². The monoisotopic (exact) mass is 409 g/mol. The van der Waals surface area contributed by atoms with Gasteiger partial charge in [-0.2, -0.15) is 9.78 Å². The zero-order valence-electron chi connectivity index (χ0n) is 17.1. The first-order chi connectivity index (χ1) is 14.3. The zero-order chi connectivity index (χ0) is 21.8. The number of aliphatic hydroxyl groups is 1. The summed E-state index contributed by atoms with van der Waals surface area (Å²) in [5.41, 5.74) is 1.57. The molecule has 1 heterocycles. The van der Waals surface area contributed by atoms with Gasteiger partial charge in [-0.3, -0.25) is 9.59 Å². The molecule has 0 saturated heterocycles. The van der Waals surface area contributed by atoms with Crippen molar-refractivity contribution in [2.45, 2.75) is 26.8 Å². The fourth-order valence-corrected chi connectivity index (χ4v) is 2.97. The van der Waals surface area contributed by atoms with Crippen LogP contribution in [0.3, 0.4) is 0 Å². The van der Waals surface area contributed by atoms with Crippen LogP contribution in [0.1, 0.15) is 29.8 Å².